The van der Waals surface area contributed by atoms with Gasteiger partial charge in [0, 0.05) is 10.1 Å². The van der Waals surface area contributed by atoms with Gasteiger partial charge in [-0.15, -0.1) is 11.3 Å². The Kier molecular flexibility index (Phi) is 4.96. The van der Waals surface area contributed by atoms with Crippen LogP contribution in [0.4, 0.5) is 10.1 Å². The van der Waals surface area contributed by atoms with Gasteiger partial charge in [-0.05, 0) is 37.3 Å². The van der Waals surface area contributed by atoms with Crippen LogP contribution in [0.3, 0.4) is 0 Å². The summed E-state index contributed by atoms with van der Waals surface area (Å²) in [7, 11) is 0. The lowest BCUT2D eigenvalue weighted by Crippen LogP contribution is -2.30. The molecule has 0 unspecified atom stereocenters. The molecule has 0 saturated carbocycles. The molecule has 1 heterocycles. The maximum Gasteiger partial charge on any atom is 0.349 e. The second-order valence-electron chi connectivity index (χ2n) is 5.46. The van der Waals surface area contributed by atoms with E-state index in [0.717, 1.165) is 11.3 Å². The zero-order valence-corrected chi connectivity index (χ0v) is 14.5. The highest BCUT2D eigenvalue weighted by atomic mass is 32.1. The number of halogens is 1. The Labute approximate surface area is 152 Å². The maximum absolute atomic E-state index is 13.7. The number of amides is 1. The number of fused-ring (bicyclic) bond motifs is 1. The number of ether oxygens (including phenoxy) is 1. The van der Waals surface area contributed by atoms with Crippen molar-refractivity contribution in [2.24, 2.45) is 0 Å². The number of para-hydroxylation sites is 1. The van der Waals surface area contributed by atoms with Crippen LogP contribution in [0.2, 0.25) is 0 Å². The number of rotatable bonds is 4. The number of hydrogen-bond donors (Lipinski definition) is 1. The van der Waals surface area contributed by atoms with Gasteiger partial charge in [0.1, 0.15) is 16.8 Å². The highest BCUT2D eigenvalue weighted by Crippen LogP contribution is 2.28. The molecule has 3 rings (SSSR count). The number of benzene rings is 2. The fraction of sp³-hybridized carbons (Fsp3) is 0.105. The van der Waals surface area contributed by atoms with Gasteiger partial charge in [0.25, 0.3) is 5.91 Å². The van der Waals surface area contributed by atoms with Crippen LogP contribution >= 0.6 is 11.3 Å². The first kappa shape index (κ1) is 17.6. The second kappa shape index (κ2) is 7.33. The van der Waals surface area contributed by atoms with E-state index in [9.17, 15) is 14.0 Å². The molecule has 0 saturated heterocycles. The van der Waals surface area contributed by atoms with Gasteiger partial charge in [0.15, 0.2) is 6.10 Å². The standard InChI is InChI=1S/C19H13FN2O3S/c1-11(18(23)22-15-7-3-2-5-12(15)10-21)25-19(24)17-9-13-14(20)6-4-8-16(13)26-17/h2-9,11H,1H3,(H,22,23)/t11-/m0/s1. The number of nitriles is 1. The summed E-state index contributed by atoms with van der Waals surface area (Å²) in [5.41, 5.74) is 0.645. The molecule has 7 heteroatoms. The van der Waals surface area contributed by atoms with Crippen molar-refractivity contribution < 1.29 is 18.7 Å². The highest BCUT2D eigenvalue weighted by Gasteiger charge is 2.21. The predicted molar refractivity (Wildman–Crippen MR) is 96.4 cm³/mol. The third-order valence-electron chi connectivity index (χ3n) is 3.67. The third-order valence-corrected chi connectivity index (χ3v) is 4.75. The van der Waals surface area contributed by atoms with Crippen molar-refractivity contribution in [2.75, 3.05) is 5.32 Å². The van der Waals surface area contributed by atoms with Gasteiger partial charge in [0.2, 0.25) is 0 Å². The first-order valence-corrected chi connectivity index (χ1v) is 8.50. The molecular formula is C19H13FN2O3S. The van der Waals surface area contributed by atoms with Gasteiger partial charge in [-0.25, -0.2) is 9.18 Å². The van der Waals surface area contributed by atoms with Crippen molar-refractivity contribution in [1.29, 1.82) is 5.26 Å². The van der Waals surface area contributed by atoms with Gasteiger partial charge in [-0.2, -0.15) is 5.26 Å². The van der Waals surface area contributed by atoms with E-state index >= 15 is 0 Å². The topological polar surface area (TPSA) is 79.2 Å². The summed E-state index contributed by atoms with van der Waals surface area (Å²) < 4.78 is 19.5. The van der Waals surface area contributed by atoms with Crippen molar-refractivity contribution >= 4 is 39.0 Å². The van der Waals surface area contributed by atoms with Crippen molar-refractivity contribution in [3.63, 3.8) is 0 Å². The molecule has 0 fully saturated rings. The smallest absolute Gasteiger partial charge is 0.349 e. The van der Waals surface area contributed by atoms with E-state index in [2.05, 4.69) is 5.32 Å². The molecule has 0 radical (unpaired) electrons. The van der Waals surface area contributed by atoms with Gasteiger partial charge in [0.05, 0.1) is 11.3 Å². The van der Waals surface area contributed by atoms with E-state index in [1.807, 2.05) is 6.07 Å². The number of hydrogen-bond acceptors (Lipinski definition) is 5. The minimum atomic E-state index is -1.08. The molecule has 3 aromatic rings. The maximum atomic E-state index is 13.7. The van der Waals surface area contributed by atoms with Gasteiger partial charge >= 0.3 is 5.97 Å². The van der Waals surface area contributed by atoms with Crippen LogP contribution in [0.1, 0.15) is 22.2 Å². The van der Waals surface area contributed by atoms with E-state index < -0.39 is 23.8 Å². The molecule has 5 nitrogen and oxygen atoms in total. The van der Waals surface area contributed by atoms with Crippen molar-refractivity contribution in [3.05, 3.63) is 64.8 Å². The molecule has 0 aliphatic heterocycles. The van der Waals surface area contributed by atoms with Crippen LogP contribution < -0.4 is 5.32 Å². The van der Waals surface area contributed by atoms with Crippen LogP contribution in [0.5, 0.6) is 0 Å². The zero-order chi connectivity index (χ0) is 18.7. The first-order valence-electron chi connectivity index (χ1n) is 7.68. The molecule has 1 atom stereocenters. The number of anilines is 1. The zero-order valence-electron chi connectivity index (χ0n) is 13.7. The first-order chi connectivity index (χ1) is 12.5. The number of nitrogens with one attached hydrogen (secondary N) is 1. The van der Waals surface area contributed by atoms with Crippen LogP contribution in [-0.2, 0) is 9.53 Å². The van der Waals surface area contributed by atoms with Gasteiger partial charge in [-0.3, -0.25) is 4.79 Å². The van der Waals surface area contributed by atoms with Crippen molar-refractivity contribution in [3.8, 4) is 6.07 Å². The molecule has 0 spiro atoms. The number of thiophene rings is 1. The highest BCUT2D eigenvalue weighted by molar-refractivity contribution is 7.20. The lowest BCUT2D eigenvalue weighted by Gasteiger charge is -2.13. The summed E-state index contributed by atoms with van der Waals surface area (Å²) in [5, 5.41) is 11.9. The molecule has 2 aromatic carbocycles. The normalized spacial score (nSPS) is 11.6. The van der Waals surface area contributed by atoms with E-state index in [4.69, 9.17) is 10.00 Å². The summed E-state index contributed by atoms with van der Waals surface area (Å²) in [6.07, 6.45) is -1.08. The lowest BCUT2D eigenvalue weighted by molar-refractivity contribution is -0.123. The molecule has 0 aliphatic carbocycles. The fourth-order valence-electron chi connectivity index (χ4n) is 2.32. The monoisotopic (exact) mass is 368 g/mol. The molecule has 1 N–H and O–H groups in total. The quantitative estimate of drug-likeness (QED) is 0.703. The predicted octanol–water partition coefficient (Wildman–Crippen LogP) is 4.10. The van der Waals surface area contributed by atoms with Crippen LogP contribution in [0.25, 0.3) is 10.1 Å². The molecular weight excluding hydrogens is 355 g/mol. The SMILES string of the molecule is C[C@H](OC(=O)c1cc2c(F)cccc2s1)C(=O)Nc1ccccc1C#N. The summed E-state index contributed by atoms with van der Waals surface area (Å²) in [5.74, 6) is -1.69. The largest absolute Gasteiger partial charge is 0.448 e. The van der Waals surface area contributed by atoms with Crippen molar-refractivity contribution in [1.82, 2.24) is 0 Å². The molecule has 0 bridgehead atoms. The Morgan fingerprint density at radius 3 is 2.73 bits per heavy atom. The summed E-state index contributed by atoms with van der Waals surface area (Å²) >= 11 is 1.09. The average Bonchev–Trinajstić information content (AvgIpc) is 3.08. The van der Waals surface area contributed by atoms with E-state index in [1.54, 1.807) is 36.4 Å². The third kappa shape index (κ3) is 3.55. The number of nitrogens with zero attached hydrogens (tertiary/aromatic N) is 1. The minimum absolute atomic E-state index is 0.210. The minimum Gasteiger partial charge on any atom is -0.448 e. The molecule has 130 valence electrons. The number of carbonyl (C=O) groups excluding carboxylic acids is 2. The Morgan fingerprint density at radius 1 is 1.23 bits per heavy atom. The summed E-state index contributed by atoms with van der Waals surface area (Å²) in [6.45, 7) is 1.43. The Hall–Kier alpha value is -3.24. The van der Waals surface area contributed by atoms with E-state index in [1.165, 1.54) is 19.1 Å². The lowest BCUT2D eigenvalue weighted by atomic mass is 10.2. The van der Waals surface area contributed by atoms with E-state index in [0.29, 0.717) is 21.3 Å². The van der Waals surface area contributed by atoms with Crippen LogP contribution in [0.15, 0.2) is 48.5 Å². The Balaban J connectivity index is 1.71. The van der Waals surface area contributed by atoms with Crippen LogP contribution in [0, 0.1) is 17.1 Å². The van der Waals surface area contributed by atoms with Gasteiger partial charge in [-0.1, -0.05) is 18.2 Å². The summed E-state index contributed by atoms with van der Waals surface area (Å²) in [6, 6.07) is 14.5. The van der Waals surface area contributed by atoms with Crippen molar-refractivity contribution in [2.45, 2.75) is 13.0 Å². The molecule has 1 aromatic heterocycles. The van der Waals surface area contributed by atoms with Gasteiger partial charge < -0.3 is 10.1 Å². The second-order valence-corrected chi connectivity index (χ2v) is 6.54. The molecule has 1 amide bonds. The van der Waals surface area contributed by atoms with Crippen LogP contribution in [-0.4, -0.2) is 18.0 Å². The Morgan fingerprint density at radius 2 is 2.00 bits per heavy atom. The molecule has 0 aliphatic rings. The number of esters is 1. The number of carbonyl (C=O) groups is 2. The fourth-order valence-corrected chi connectivity index (χ4v) is 3.28. The van der Waals surface area contributed by atoms with E-state index in [-0.39, 0.29) is 4.88 Å². The molecule has 26 heavy (non-hydrogen) atoms. The Bertz CT molecular complexity index is 1040. The average molecular weight is 368 g/mol. The summed E-state index contributed by atoms with van der Waals surface area (Å²) in [4.78, 5) is 24.7.